The molecule has 2 aromatic rings. The lowest BCUT2D eigenvalue weighted by Crippen LogP contribution is -2.47. The summed E-state index contributed by atoms with van der Waals surface area (Å²) in [5.41, 5.74) is 4.71. The van der Waals surface area contributed by atoms with E-state index in [1.807, 2.05) is 6.92 Å². The number of halogens is 2. The Morgan fingerprint density at radius 3 is 2.36 bits per heavy atom. The second kappa shape index (κ2) is 9.21. The van der Waals surface area contributed by atoms with Crippen LogP contribution in [0.3, 0.4) is 0 Å². The molecule has 2 rings (SSSR count). The van der Waals surface area contributed by atoms with E-state index in [1.165, 1.54) is 11.3 Å². The topological polar surface area (TPSA) is 76.7 Å². The van der Waals surface area contributed by atoms with Gasteiger partial charge in [0.1, 0.15) is 11.5 Å². The monoisotopic (exact) mass is 490 g/mol. The Morgan fingerprint density at radius 1 is 1.16 bits per heavy atom. The second-order valence-corrected chi connectivity index (χ2v) is 8.06. The van der Waals surface area contributed by atoms with Gasteiger partial charge in [-0.3, -0.25) is 20.4 Å². The van der Waals surface area contributed by atoms with Gasteiger partial charge < -0.3 is 9.47 Å². The van der Waals surface area contributed by atoms with E-state index in [2.05, 4.69) is 42.7 Å². The molecule has 0 spiro atoms. The lowest BCUT2D eigenvalue weighted by molar-refractivity contribution is -0.128. The van der Waals surface area contributed by atoms with Crippen molar-refractivity contribution in [1.29, 1.82) is 0 Å². The van der Waals surface area contributed by atoms with Crippen LogP contribution in [0.5, 0.6) is 11.5 Å². The van der Waals surface area contributed by atoms with Gasteiger partial charge in [0, 0.05) is 4.47 Å². The molecule has 0 radical (unpaired) electrons. The zero-order valence-corrected chi connectivity index (χ0v) is 17.5. The molecule has 134 valence electrons. The lowest BCUT2D eigenvalue weighted by Gasteiger charge is -2.15. The summed E-state index contributed by atoms with van der Waals surface area (Å²) in [6.07, 6.45) is -0.778. The number of ether oxygens (including phenoxy) is 2. The third-order valence-corrected chi connectivity index (χ3v) is 6.24. The van der Waals surface area contributed by atoms with Gasteiger partial charge in [-0.25, -0.2) is 0 Å². The summed E-state index contributed by atoms with van der Waals surface area (Å²) in [7, 11) is 0. The van der Waals surface area contributed by atoms with Crippen molar-refractivity contribution >= 4 is 55.0 Å². The van der Waals surface area contributed by atoms with E-state index >= 15 is 0 Å². The van der Waals surface area contributed by atoms with Crippen molar-refractivity contribution in [3.63, 3.8) is 0 Å². The third kappa shape index (κ3) is 5.72. The molecule has 0 saturated carbocycles. The van der Waals surface area contributed by atoms with E-state index in [1.54, 1.807) is 37.3 Å². The highest BCUT2D eigenvalue weighted by molar-refractivity contribution is 9.13. The van der Waals surface area contributed by atoms with Gasteiger partial charge in [0.2, 0.25) is 0 Å². The van der Waals surface area contributed by atoms with E-state index < -0.39 is 17.9 Å². The Morgan fingerprint density at radius 2 is 1.80 bits per heavy atom. The number of nitrogens with one attached hydrogen (secondary N) is 2. The number of carbonyl (C=O) groups excluding carboxylic acids is 2. The number of hydrogen-bond acceptors (Lipinski definition) is 5. The number of benzene rings is 1. The molecule has 2 amide bonds. The highest BCUT2D eigenvalue weighted by Crippen LogP contribution is 2.32. The maximum atomic E-state index is 12.0. The van der Waals surface area contributed by atoms with E-state index in [4.69, 9.17) is 9.47 Å². The first-order valence-electron chi connectivity index (χ1n) is 7.35. The summed E-state index contributed by atoms with van der Waals surface area (Å²) < 4.78 is 12.5. The highest BCUT2D eigenvalue weighted by atomic mass is 79.9. The van der Waals surface area contributed by atoms with Crippen LogP contribution >= 0.6 is 43.2 Å². The van der Waals surface area contributed by atoms with Crippen LogP contribution in [0.15, 0.2) is 38.6 Å². The quantitative estimate of drug-likeness (QED) is 0.601. The van der Waals surface area contributed by atoms with E-state index in [0.717, 1.165) is 14.0 Å². The molecule has 9 heteroatoms. The Bertz CT molecular complexity index is 730. The predicted molar refractivity (Wildman–Crippen MR) is 103 cm³/mol. The summed E-state index contributed by atoms with van der Waals surface area (Å²) in [6.45, 7) is 4.07. The number of hydrogen-bond donors (Lipinski definition) is 2. The SMILES string of the molecule is CCOc1ccc(OC(C)C(=O)NNC(=O)c2cc(Br)c(Br)s2)cc1. The smallest absolute Gasteiger partial charge is 0.279 e. The van der Waals surface area contributed by atoms with Crippen molar-refractivity contribution in [3.05, 3.63) is 43.5 Å². The van der Waals surface area contributed by atoms with Crippen LogP contribution in [-0.4, -0.2) is 24.5 Å². The van der Waals surface area contributed by atoms with Crippen LogP contribution in [0, 0.1) is 0 Å². The van der Waals surface area contributed by atoms with Gasteiger partial charge >= 0.3 is 0 Å². The summed E-state index contributed by atoms with van der Waals surface area (Å²) >= 11 is 7.88. The molecule has 0 aliphatic heterocycles. The van der Waals surface area contributed by atoms with Crippen LogP contribution < -0.4 is 20.3 Å². The van der Waals surface area contributed by atoms with Crippen molar-refractivity contribution in [3.8, 4) is 11.5 Å². The van der Waals surface area contributed by atoms with Gasteiger partial charge in [-0.2, -0.15) is 0 Å². The van der Waals surface area contributed by atoms with Crippen LogP contribution in [0.4, 0.5) is 0 Å². The molecule has 6 nitrogen and oxygen atoms in total. The van der Waals surface area contributed by atoms with Crippen LogP contribution in [-0.2, 0) is 4.79 Å². The van der Waals surface area contributed by atoms with Gasteiger partial charge in [0.25, 0.3) is 11.8 Å². The molecule has 2 N–H and O–H groups in total. The minimum atomic E-state index is -0.778. The second-order valence-electron chi connectivity index (χ2n) is 4.84. The normalized spacial score (nSPS) is 11.5. The molecule has 1 heterocycles. The molecular weight excluding hydrogens is 476 g/mol. The Kier molecular flexibility index (Phi) is 7.27. The maximum absolute atomic E-state index is 12.0. The summed E-state index contributed by atoms with van der Waals surface area (Å²) in [4.78, 5) is 24.5. The molecular formula is C16H16Br2N2O4S. The summed E-state index contributed by atoms with van der Waals surface area (Å²) in [6, 6.07) is 8.62. The largest absolute Gasteiger partial charge is 0.494 e. The van der Waals surface area contributed by atoms with E-state index in [9.17, 15) is 9.59 Å². The minimum absolute atomic E-state index is 0.405. The van der Waals surface area contributed by atoms with E-state index in [-0.39, 0.29) is 0 Å². The average Bonchev–Trinajstić information content (AvgIpc) is 2.93. The molecule has 1 unspecified atom stereocenters. The van der Waals surface area contributed by atoms with Gasteiger partial charge in [0.05, 0.1) is 15.3 Å². The van der Waals surface area contributed by atoms with Crippen LogP contribution in [0.2, 0.25) is 0 Å². The number of rotatable bonds is 6. The molecule has 1 atom stereocenters. The first kappa shape index (κ1) is 19.7. The maximum Gasteiger partial charge on any atom is 0.279 e. The van der Waals surface area contributed by atoms with Gasteiger partial charge in [-0.15, -0.1) is 11.3 Å². The van der Waals surface area contributed by atoms with Crippen molar-refractivity contribution in [1.82, 2.24) is 10.9 Å². The number of thiophene rings is 1. The van der Waals surface area contributed by atoms with Crippen molar-refractivity contribution < 1.29 is 19.1 Å². The molecule has 0 aliphatic carbocycles. The molecule has 1 aromatic heterocycles. The fourth-order valence-corrected chi connectivity index (χ4v) is 3.71. The summed E-state index contributed by atoms with van der Waals surface area (Å²) in [5.74, 6) is 0.394. The van der Waals surface area contributed by atoms with Crippen LogP contribution in [0.1, 0.15) is 23.5 Å². The average molecular weight is 492 g/mol. The zero-order chi connectivity index (χ0) is 18.4. The van der Waals surface area contributed by atoms with Gasteiger partial charge in [-0.05, 0) is 76.0 Å². The van der Waals surface area contributed by atoms with Crippen molar-refractivity contribution in [2.45, 2.75) is 20.0 Å². The lowest BCUT2D eigenvalue weighted by atomic mass is 10.3. The first-order chi connectivity index (χ1) is 11.9. The number of carbonyl (C=O) groups is 2. The first-order valence-corrected chi connectivity index (χ1v) is 9.75. The fraction of sp³-hybridized carbons (Fsp3) is 0.250. The standard InChI is InChI=1S/C16H16Br2N2O4S/c1-3-23-10-4-6-11(7-5-10)24-9(2)15(21)19-20-16(22)13-8-12(17)14(18)25-13/h4-9H,3H2,1-2H3,(H,19,21)(H,20,22). The predicted octanol–water partition coefficient (Wildman–Crippen LogP) is 3.90. The highest BCUT2D eigenvalue weighted by Gasteiger charge is 2.17. The molecule has 25 heavy (non-hydrogen) atoms. The van der Waals surface area contributed by atoms with Crippen LogP contribution in [0.25, 0.3) is 0 Å². The molecule has 0 fully saturated rings. The summed E-state index contributed by atoms with van der Waals surface area (Å²) in [5, 5.41) is 0. The fourth-order valence-electron chi connectivity index (χ4n) is 1.78. The van der Waals surface area contributed by atoms with Crippen molar-refractivity contribution in [2.24, 2.45) is 0 Å². The van der Waals surface area contributed by atoms with Crippen molar-refractivity contribution in [2.75, 3.05) is 6.61 Å². The number of amides is 2. The zero-order valence-electron chi connectivity index (χ0n) is 13.5. The Hall–Kier alpha value is -1.58. The third-order valence-electron chi connectivity index (χ3n) is 2.98. The molecule has 0 aliphatic rings. The number of hydrazine groups is 1. The van der Waals surface area contributed by atoms with Gasteiger partial charge in [0.15, 0.2) is 6.10 Å². The molecule has 0 saturated heterocycles. The Balaban J connectivity index is 1.84. The van der Waals surface area contributed by atoms with Gasteiger partial charge in [-0.1, -0.05) is 0 Å². The molecule has 1 aromatic carbocycles. The van der Waals surface area contributed by atoms with E-state index in [0.29, 0.717) is 17.2 Å². The molecule has 0 bridgehead atoms. The Labute approximate surface area is 166 Å². The minimum Gasteiger partial charge on any atom is -0.494 e.